The van der Waals surface area contributed by atoms with Crippen LogP contribution in [0, 0.1) is 17.8 Å². The molecule has 1 fully saturated rings. The molecule has 1 unspecified atom stereocenters. The third kappa shape index (κ3) is 6.94. The van der Waals surface area contributed by atoms with Gasteiger partial charge in [0, 0.05) is 0 Å². The number of likely N-dealkylation sites (N-methyl/N-ethyl adjacent to an activating group) is 1. The summed E-state index contributed by atoms with van der Waals surface area (Å²) in [6.07, 6.45) is 6.94. The molecule has 0 amide bonds. The number of carbonyl (C=O) groups excluding carboxylic acids is 1. The highest BCUT2D eigenvalue weighted by Gasteiger charge is 2.44. The lowest BCUT2D eigenvalue weighted by Crippen LogP contribution is -2.40. The molecule has 2 aliphatic carbocycles. The number of rotatable bonds is 13. The lowest BCUT2D eigenvalue weighted by Gasteiger charge is -2.33. The molecule has 34 heavy (non-hydrogen) atoms. The van der Waals surface area contributed by atoms with E-state index in [1.54, 1.807) is 7.05 Å². The summed E-state index contributed by atoms with van der Waals surface area (Å²) in [5.74, 6) is 1.43. The van der Waals surface area contributed by atoms with Crippen LogP contribution in [0.2, 0.25) is 0 Å². The predicted molar refractivity (Wildman–Crippen MR) is 130 cm³/mol. The average molecular weight is 478 g/mol. The van der Waals surface area contributed by atoms with Crippen LogP contribution in [0.4, 0.5) is 0 Å². The molecular weight excluding hydrogens is 434 g/mol. The molecule has 0 radical (unpaired) electrons. The lowest BCUT2D eigenvalue weighted by atomic mass is 9.73. The highest BCUT2D eigenvalue weighted by atomic mass is 16.5. The first-order valence-electron chi connectivity index (χ1n) is 12.9. The van der Waals surface area contributed by atoms with Crippen molar-refractivity contribution in [3.05, 3.63) is 29.3 Å². The summed E-state index contributed by atoms with van der Waals surface area (Å²) in [7, 11) is 2.97. The highest BCUT2D eigenvalue weighted by molar-refractivity contribution is 5.71. The average Bonchev–Trinajstić information content (AvgIpc) is 3.13. The van der Waals surface area contributed by atoms with Gasteiger partial charge < -0.3 is 24.8 Å². The molecule has 192 valence electrons. The Balaban J connectivity index is 1.58. The van der Waals surface area contributed by atoms with E-state index in [0.29, 0.717) is 11.8 Å². The number of methoxy groups -OCH3 is 1. The van der Waals surface area contributed by atoms with Crippen molar-refractivity contribution in [3.63, 3.8) is 0 Å². The van der Waals surface area contributed by atoms with Crippen LogP contribution in [0.25, 0.3) is 0 Å². The summed E-state index contributed by atoms with van der Waals surface area (Å²) in [4.78, 5) is 12.9. The van der Waals surface area contributed by atoms with Crippen LogP contribution in [-0.4, -0.2) is 71.9 Å². The van der Waals surface area contributed by atoms with Crippen LogP contribution >= 0.6 is 0 Å². The molecule has 3 N–H and O–H groups in total. The number of fused-ring (bicyclic) bond motifs is 2. The minimum Gasteiger partial charge on any atom is -0.489 e. The quantitative estimate of drug-likeness (QED) is 0.228. The number of unbranched alkanes of at least 4 members (excludes halogenated alkanes) is 2. The zero-order valence-electron chi connectivity index (χ0n) is 21.0. The van der Waals surface area contributed by atoms with Crippen molar-refractivity contribution >= 4 is 5.97 Å². The zero-order chi connectivity index (χ0) is 24.7. The number of hydrogen-bond donors (Lipinski definition) is 3. The van der Waals surface area contributed by atoms with E-state index in [9.17, 15) is 20.1 Å². The van der Waals surface area contributed by atoms with Gasteiger partial charge >= 0.3 is 5.97 Å². The fraction of sp³-hybridized carbons (Fsp3) is 0.741. The van der Waals surface area contributed by atoms with Gasteiger partial charge in [-0.05, 0) is 80.5 Å². The number of benzene rings is 1. The van der Waals surface area contributed by atoms with Gasteiger partial charge in [0.15, 0.2) is 0 Å². The Morgan fingerprint density at radius 3 is 2.74 bits per heavy atom. The van der Waals surface area contributed by atoms with Crippen molar-refractivity contribution in [2.75, 3.05) is 27.3 Å². The van der Waals surface area contributed by atoms with Crippen LogP contribution < -0.4 is 4.74 Å². The van der Waals surface area contributed by atoms with Gasteiger partial charge in [0.25, 0.3) is 0 Å². The largest absolute Gasteiger partial charge is 0.489 e. The van der Waals surface area contributed by atoms with Gasteiger partial charge in [-0.2, -0.15) is 0 Å². The number of carbonyl (C=O) groups is 1. The molecule has 0 spiro atoms. The van der Waals surface area contributed by atoms with Crippen LogP contribution in [0.1, 0.15) is 63.0 Å². The van der Waals surface area contributed by atoms with E-state index in [-0.39, 0.29) is 31.3 Å². The molecule has 0 aromatic heterocycles. The molecule has 3 rings (SSSR count). The van der Waals surface area contributed by atoms with Gasteiger partial charge in [0.2, 0.25) is 0 Å². The van der Waals surface area contributed by atoms with Crippen LogP contribution in [0.15, 0.2) is 18.2 Å². The maximum Gasteiger partial charge on any atom is 0.319 e. The predicted octanol–water partition coefficient (Wildman–Crippen LogP) is 2.92. The summed E-state index contributed by atoms with van der Waals surface area (Å²) in [6.45, 7) is 2.22. The Morgan fingerprint density at radius 1 is 1.21 bits per heavy atom. The smallest absolute Gasteiger partial charge is 0.319 e. The van der Waals surface area contributed by atoms with E-state index >= 15 is 0 Å². The molecule has 1 saturated carbocycles. The van der Waals surface area contributed by atoms with Gasteiger partial charge in [-0.1, -0.05) is 38.3 Å². The molecule has 6 atom stereocenters. The fourth-order valence-electron chi connectivity index (χ4n) is 5.76. The summed E-state index contributed by atoms with van der Waals surface area (Å²) in [6, 6.07) is 6.05. The van der Waals surface area contributed by atoms with Crippen LogP contribution in [0.3, 0.4) is 0 Å². The Hall–Kier alpha value is -1.67. The third-order valence-corrected chi connectivity index (χ3v) is 7.82. The van der Waals surface area contributed by atoms with Gasteiger partial charge in [0.05, 0.1) is 25.9 Å². The normalized spacial score (nSPS) is 25.5. The molecule has 7 nitrogen and oxygen atoms in total. The highest BCUT2D eigenvalue weighted by Crippen LogP contribution is 2.48. The van der Waals surface area contributed by atoms with E-state index in [1.165, 1.54) is 23.1 Å². The summed E-state index contributed by atoms with van der Waals surface area (Å²) < 4.78 is 10.6. The second-order valence-corrected chi connectivity index (χ2v) is 10.2. The number of ether oxygens (including phenoxy) is 2. The molecule has 2 aliphatic rings. The summed E-state index contributed by atoms with van der Waals surface area (Å²) in [5.41, 5.74) is 2.41. The van der Waals surface area contributed by atoms with E-state index in [2.05, 4.69) is 17.7 Å². The van der Waals surface area contributed by atoms with Crippen LogP contribution in [-0.2, 0) is 22.4 Å². The lowest BCUT2D eigenvalue weighted by molar-refractivity contribution is -0.144. The van der Waals surface area contributed by atoms with E-state index < -0.39 is 12.2 Å². The number of esters is 1. The van der Waals surface area contributed by atoms with Crippen molar-refractivity contribution < 1.29 is 29.6 Å². The Kier molecular flexibility index (Phi) is 10.2. The Bertz CT molecular complexity index is 786. The zero-order valence-corrected chi connectivity index (χ0v) is 21.0. The van der Waals surface area contributed by atoms with Crippen molar-refractivity contribution in [3.8, 4) is 5.75 Å². The Morgan fingerprint density at radius 2 is 2.00 bits per heavy atom. The molecule has 1 aromatic rings. The molecule has 7 heteroatoms. The topological polar surface area (TPSA) is 99.5 Å². The maximum absolute atomic E-state index is 11.4. The second kappa shape index (κ2) is 12.9. The number of nitrogens with zero attached hydrogens (tertiary/aromatic N) is 1. The second-order valence-electron chi connectivity index (χ2n) is 10.2. The first-order valence-corrected chi connectivity index (χ1v) is 12.9. The van der Waals surface area contributed by atoms with Gasteiger partial charge in [0.1, 0.15) is 18.6 Å². The first kappa shape index (κ1) is 26.9. The summed E-state index contributed by atoms with van der Waals surface area (Å²) >= 11 is 0. The minimum absolute atomic E-state index is 0.00967. The van der Waals surface area contributed by atoms with Gasteiger partial charge in [-0.3, -0.25) is 9.69 Å². The molecule has 0 saturated heterocycles. The Labute approximate surface area is 204 Å². The third-order valence-electron chi connectivity index (χ3n) is 7.82. The maximum atomic E-state index is 11.4. The van der Waals surface area contributed by atoms with E-state index in [0.717, 1.165) is 63.5 Å². The van der Waals surface area contributed by atoms with Crippen molar-refractivity contribution in [1.29, 1.82) is 0 Å². The SMILES string of the molecule is CCCCC[C@H](O)CC[C@@H]1[C@H]2Cc3cccc(OCC(O)N(C)CC(=O)OC)c3C[C@H]2C[C@H]1O. The fourth-order valence-corrected chi connectivity index (χ4v) is 5.76. The van der Waals surface area contributed by atoms with Crippen molar-refractivity contribution in [2.24, 2.45) is 17.8 Å². The van der Waals surface area contributed by atoms with Gasteiger partial charge in [-0.25, -0.2) is 0 Å². The number of hydrogen-bond acceptors (Lipinski definition) is 7. The van der Waals surface area contributed by atoms with Crippen molar-refractivity contribution in [2.45, 2.75) is 83.1 Å². The standard InChI is InChI=1S/C27H43NO6/c1-4-5-6-9-20(29)11-12-21-22-13-18-8-7-10-25(23(18)14-19(22)15-24(21)30)34-17-26(31)28(2)16-27(32)33-3/h7-8,10,19-22,24,26,29-31H,4-6,9,11-17H2,1-3H3/t19-,20-,21+,22-,24+,26?/m0/s1. The van der Waals surface area contributed by atoms with Gasteiger partial charge in [-0.15, -0.1) is 0 Å². The minimum atomic E-state index is -0.923. The van der Waals surface area contributed by atoms with Crippen molar-refractivity contribution in [1.82, 2.24) is 4.90 Å². The van der Waals surface area contributed by atoms with E-state index in [4.69, 9.17) is 4.74 Å². The first-order chi connectivity index (χ1) is 16.3. The molecule has 1 aromatic carbocycles. The number of aliphatic hydroxyl groups is 3. The molecular formula is C27H43NO6. The number of aliphatic hydroxyl groups excluding tert-OH is 3. The summed E-state index contributed by atoms with van der Waals surface area (Å²) in [5, 5.41) is 31.6. The molecule has 0 bridgehead atoms. The monoisotopic (exact) mass is 477 g/mol. The molecule has 0 aliphatic heterocycles. The molecule has 0 heterocycles. The van der Waals surface area contributed by atoms with E-state index in [1.807, 2.05) is 12.1 Å². The van der Waals surface area contributed by atoms with Crippen LogP contribution in [0.5, 0.6) is 5.75 Å².